The van der Waals surface area contributed by atoms with Crippen molar-refractivity contribution in [2.45, 2.75) is 26.4 Å². The van der Waals surface area contributed by atoms with Crippen molar-refractivity contribution in [2.75, 3.05) is 20.3 Å². The van der Waals surface area contributed by atoms with Crippen LogP contribution in [0.15, 0.2) is 24.3 Å². The van der Waals surface area contributed by atoms with Gasteiger partial charge in [0.15, 0.2) is 0 Å². The molecule has 0 radical (unpaired) electrons. The molecule has 0 heterocycles. The van der Waals surface area contributed by atoms with E-state index in [2.05, 4.69) is 6.92 Å². The van der Waals surface area contributed by atoms with Crippen molar-refractivity contribution < 1.29 is 14.6 Å². The summed E-state index contributed by atoms with van der Waals surface area (Å²) in [5.41, 5.74) is 1.12. The van der Waals surface area contributed by atoms with Crippen LogP contribution in [0, 0.1) is 5.92 Å². The van der Waals surface area contributed by atoms with Gasteiger partial charge in [0.05, 0.1) is 20.3 Å². The summed E-state index contributed by atoms with van der Waals surface area (Å²) in [4.78, 5) is 0. The minimum atomic E-state index is 0.205. The molecule has 96 valence electrons. The van der Waals surface area contributed by atoms with Crippen LogP contribution in [0.3, 0.4) is 0 Å². The molecule has 1 aromatic rings. The molecule has 1 aromatic carbocycles. The summed E-state index contributed by atoms with van der Waals surface area (Å²) in [6.45, 7) is 3.53. The van der Waals surface area contributed by atoms with E-state index in [1.165, 1.54) is 0 Å². The van der Waals surface area contributed by atoms with Gasteiger partial charge >= 0.3 is 0 Å². The third-order valence-electron chi connectivity index (χ3n) is 2.74. The molecule has 0 saturated heterocycles. The molecule has 1 rings (SSSR count). The number of ether oxygens (including phenoxy) is 2. The van der Waals surface area contributed by atoms with Gasteiger partial charge in [-0.3, -0.25) is 0 Å². The summed E-state index contributed by atoms with van der Waals surface area (Å²) in [6.07, 6.45) is 2.09. The van der Waals surface area contributed by atoms with Gasteiger partial charge in [-0.1, -0.05) is 25.5 Å². The lowest BCUT2D eigenvalue weighted by molar-refractivity contribution is 0.0593. The standard InChI is InChI=1S/C14H22O3/c1-3-4-13(9-15)11-17-10-12-5-7-14(16-2)8-6-12/h5-8,13,15H,3-4,9-11H2,1-2H3. The molecule has 3 nitrogen and oxygen atoms in total. The fraction of sp³-hybridized carbons (Fsp3) is 0.571. The van der Waals surface area contributed by atoms with E-state index in [4.69, 9.17) is 14.6 Å². The van der Waals surface area contributed by atoms with Crippen LogP contribution >= 0.6 is 0 Å². The number of hydrogen-bond donors (Lipinski definition) is 1. The third kappa shape index (κ3) is 5.20. The van der Waals surface area contributed by atoms with Crippen molar-refractivity contribution in [3.63, 3.8) is 0 Å². The Morgan fingerprint density at radius 2 is 1.94 bits per heavy atom. The van der Waals surface area contributed by atoms with E-state index in [1.807, 2.05) is 24.3 Å². The molecule has 1 N–H and O–H groups in total. The molecule has 17 heavy (non-hydrogen) atoms. The van der Waals surface area contributed by atoms with Gasteiger partial charge in [-0.2, -0.15) is 0 Å². The molecule has 0 aliphatic heterocycles. The lowest BCUT2D eigenvalue weighted by Crippen LogP contribution is -2.13. The summed E-state index contributed by atoms with van der Waals surface area (Å²) in [7, 11) is 1.65. The molecule has 0 fully saturated rings. The first-order valence-corrected chi connectivity index (χ1v) is 6.11. The van der Waals surface area contributed by atoms with Crippen LogP contribution in [-0.4, -0.2) is 25.4 Å². The topological polar surface area (TPSA) is 38.7 Å². The summed E-state index contributed by atoms with van der Waals surface area (Å²) in [6, 6.07) is 7.84. The lowest BCUT2D eigenvalue weighted by atomic mass is 10.1. The Kier molecular flexibility index (Phi) is 6.67. The Morgan fingerprint density at radius 3 is 2.47 bits per heavy atom. The normalized spacial score (nSPS) is 12.4. The van der Waals surface area contributed by atoms with Crippen LogP contribution in [-0.2, 0) is 11.3 Å². The number of hydrogen-bond acceptors (Lipinski definition) is 3. The largest absolute Gasteiger partial charge is 0.497 e. The molecular weight excluding hydrogens is 216 g/mol. The molecule has 0 spiro atoms. The van der Waals surface area contributed by atoms with Gasteiger partial charge in [0.25, 0.3) is 0 Å². The second kappa shape index (κ2) is 8.09. The highest BCUT2D eigenvalue weighted by molar-refractivity contribution is 5.26. The minimum absolute atomic E-state index is 0.205. The van der Waals surface area contributed by atoms with E-state index in [0.717, 1.165) is 24.2 Å². The first-order valence-electron chi connectivity index (χ1n) is 6.11. The zero-order chi connectivity index (χ0) is 12.5. The van der Waals surface area contributed by atoms with E-state index in [9.17, 15) is 0 Å². The number of benzene rings is 1. The van der Waals surface area contributed by atoms with Crippen molar-refractivity contribution in [3.05, 3.63) is 29.8 Å². The van der Waals surface area contributed by atoms with Gasteiger partial charge in [-0.15, -0.1) is 0 Å². The maximum absolute atomic E-state index is 9.13. The second-order valence-corrected chi connectivity index (χ2v) is 4.20. The maximum Gasteiger partial charge on any atom is 0.118 e. The van der Waals surface area contributed by atoms with E-state index >= 15 is 0 Å². The SMILES string of the molecule is CCCC(CO)COCc1ccc(OC)cc1. The molecule has 1 atom stereocenters. The van der Waals surface area contributed by atoms with Crippen molar-refractivity contribution in [3.8, 4) is 5.75 Å². The Labute approximate surface area is 103 Å². The van der Waals surface area contributed by atoms with Crippen LogP contribution in [0.1, 0.15) is 25.3 Å². The Hall–Kier alpha value is -1.06. The summed E-state index contributed by atoms with van der Waals surface area (Å²) < 4.78 is 10.7. The zero-order valence-electron chi connectivity index (χ0n) is 10.7. The highest BCUT2D eigenvalue weighted by Crippen LogP contribution is 2.13. The Balaban J connectivity index is 2.29. The highest BCUT2D eigenvalue weighted by Gasteiger charge is 2.06. The van der Waals surface area contributed by atoms with Gasteiger partial charge < -0.3 is 14.6 Å². The van der Waals surface area contributed by atoms with Crippen molar-refractivity contribution in [1.29, 1.82) is 0 Å². The molecule has 0 amide bonds. The van der Waals surface area contributed by atoms with Crippen LogP contribution in [0.4, 0.5) is 0 Å². The highest BCUT2D eigenvalue weighted by atomic mass is 16.5. The molecule has 0 aliphatic rings. The van der Waals surface area contributed by atoms with Gasteiger partial charge in [0.1, 0.15) is 5.75 Å². The molecule has 0 saturated carbocycles. The van der Waals surface area contributed by atoms with Crippen molar-refractivity contribution in [1.82, 2.24) is 0 Å². The Morgan fingerprint density at radius 1 is 1.24 bits per heavy atom. The molecule has 3 heteroatoms. The number of aliphatic hydroxyl groups is 1. The molecule has 0 bridgehead atoms. The molecule has 1 unspecified atom stereocenters. The fourth-order valence-electron chi connectivity index (χ4n) is 1.70. The zero-order valence-corrected chi connectivity index (χ0v) is 10.7. The van der Waals surface area contributed by atoms with Gasteiger partial charge in [-0.05, 0) is 24.1 Å². The third-order valence-corrected chi connectivity index (χ3v) is 2.74. The van der Waals surface area contributed by atoms with Crippen molar-refractivity contribution in [2.24, 2.45) is 5.92 Å². The number of methoxy groups -OCH3 is 1. The van der Waals surface area contributed by atoms with E-state index in [1.54, 1.807) is 7.11 Å². The van der Waals surface area contributed by atoms with Gasteiger partial charge in [0, 0.05) is 12.5 Å². The van der Waals surface area contributed by atoms with E-state index in [-0.39, 0.29) is 12.5 Å². The minimum Gasteiger partial charge on any atom is -0.497 e. The summed E-state index contributed by atoms with van der Waals surface area (Å²) in [5, 5.41) is 9.13. The van der Waals surface area contributed by atoms with Crippen LogP contribution in [0.25, 0.3) is 0 Å². The average Bonchev–Trinajstić information content (AvgIpc) is 2.38. The fourth-order valence-corrected chi connectivity index (χ4v) is 1.70. The quantitative estimate of drug-likeness (QED) is 0.756. The lowest BCUT2D eigenvalue weighted by Gasteiger charge is -2.13. The average molecular weight is 238 g/mol. The smallest absolute Gasteiger partial charge is 0.118 e. The molecule has 0 aromatic heterocycles. The predicted octanol–water partition coefficient (Wildman–Crippen LogP) is 2.62. The number of rotatable bonds is 8. The molecule has 0 aliphatic carbocycles. The van der Waals surface area contributed by atoms with Crippen molar-refractivity contribution >= 4 is 0 Å². The van der Waals surface area contributed by atoms with Crippen LogP contribution in [0.2, 0.25) is 0 Å². The maximum atomic E-state index is 9.13. The first-order chi connectivity index (χ1) is 8.30. The summed E-state index contributed by atoms with van der Waals surface area (Å²) >= 11 is 0. The van der Waals surface area contributed by atoms with Crippen LogP contribution < -0.4 is 4.74 Å². The van der Waals surface area contributed by atoms with E-state index < -0.39 is 0 Å². The van der Waals surface area contributed by atoms with Crippen LogP contribution in [0.5, 0.6) is 5.75 Å². The second-order valence-electron chi connectivity index (χ2n) is 4.20. The molecular formula is C14H22O3. The first kappa shape index (κ1) is 14.0. The number of aliphatic hydroxyl groups excluding tert-OH is 1. The predicted molar refractivity (Wildman–Crippen MR) is 68.1 cm³/mol. The van der Waals surface area contributed by atoms with Gasteiger partial charge in [0.2, 0.25) is 0 Å². The monoisotopic (exact) mass is 238 g/mol. The summed E-state index contributed by atoms with van der Waals surface area (Å²) in [5.74, 6) is 1.12. The van der Waals surface area contributed by atoms with E-state index in [0.29, 0.717) is 13.2 Å². The van der Waals surface area contributed by atoms with Gasteiger partial charge in [-0.25, -0.2) is 0 Å². The Bertz CT molecular complexity index is 295.